The molecule has 4 heteroatoms. The third-order valence-corrected chi connectivity index (χ3v) is 3.81. The second kappa shape index (κ2) is 5.61. The van der Waals surface area contributed by atoms with Gasteiger partial charge in [0.2, 0.25) is 0 Å². The molecule has 1 aliphatic heterocycles. The summed E-state index contributed by atoms with van der Waals surface area (Å²) in [5, 5.41) is 0. The largest absolute Gasteiger partial charge is 0.398 e. The van der Waals surface area contributed by atoms with Crippen molar-refractivity contribution in [2.24, 2.45) is 5.92 Å². The van der Waals surface area contributed by atoms with Crippen LogP contribution in [0.2, 0.25) is 0 Å². The van der Waals surface area contributed by atoms with Crippen LogP contribution >= 0.6 is 0 Å². The quantitative estimate of drug-likeness (QED) is 0.841. The number of nitrogens with zero attached hydrogens (tertiary/aromatic N) is 2. The number of carbonyl (C=O) groups excluding carboxylic acids is 1. The molecule has 4 nitrogen and oxygen atoms in total. The molecular weight excluding hydrogens is 238 g/mol. The van der Waals surface area contributed by atoms with Gasteiger partial charge in [0, 0.05) is 25.8 Å². The Kier molecular flexibility index (Phi) is 4.10. The molecule has 0 spiro atoms. The maximum absolute atomic E-state index is 12.4. The fourth-order valence-corrected chi connectivity index (χ4v) is 2.73. The second-order valence-electron chi connectivity index (χ2n) is 5.69. The molecule has 1 saturated heterocycles. The first-order valence-electron chi connectivity index (χ1n) is 6.77. The smallest absolute Gasteiger partial charge is 0.255 e. The van der Waals surface area contributed by atoms with Crippen LogP contribution in [-0.4, -0.2) is 49.4 Å². The van der Waals surface area contributed by atoms with E-state index >= 15 is 0 Å². The highest BCUT2D eigenvalue weighted by atomic mass is 16.2. The van der Waals surface area contributed by atoms with Crippen LogP contribution < -0.4 is 5.73 Å². The van der Waals surface area contributed by atoms with E-state index in [1.165, 1.54) is 0 Å². The highest BCUT2D eigenvalue weighted by Crippen LogP contribution is 2.19. The van der Waals surface area contributed by atoms with Crippen LogP contribution in [-0.2, 0) is 0 Å². The zero-order valence-electron chi connectivity index (χ0n) is 12.0. The van der Waals surface area contributed by atoms with Crippen LogP contribution in [0.3, 0.4) is 0 Å². The first kappa shape index (κ1) is 13.9. The van der Waals surface area contributed by atoms with Crippen LogP contribution in [0.25, 0.3) is 0 Å². The summed E-state index contributed by atoms with van der Waals surface area (Å²) in [6.07, 6.45) is 1.16. The molecule has 1 aliphatic rings. The van der Waals surface area contributed by atoms with E-state index in [1.807, 2.05) is 32.2 Å². The lowest BCUT2D eigenvalue weighted by Gasteiger charge is -2.22. The molecule has 1 aromatic rings. The van der Waals surface area contributed by atoms with Gasteiger partial charge in [-0.3, -0.25) is 4.79 Å². The number of likely N-dealkylation sites (tertiary alicyclic amines) is 1. The fraction of sp³-hybridized carbons (Fsp3) is 0.533. The maximum Gasteiger partial charge on any atom is 0.255 e. The molecule has 1 fully saturated rings. The first-order chi connectivity index (χ1) is 8.97. The van der Waals surface area contributed by atoms with Gasteiger partial charge in [-0.05, 0) is 50.6 Å². The molecule has 0 aromatic heterocycles. The van der Waals surface area contributed by atoms with Crippen LogP contribution in [0.4, 0.5) is 5.69 Å². The van der Waals surface area contributed by atoms with Gasteiger partial charge in [-0.25, -0.2) is 0 Å². The maximum atomic E-state index is 12.4. The summed E-state index contributed by atoms with van der Waals surface area (Å²) >= 11 is 0. The van der Waals surface area contributed by atoms with Gasteiger partial charge >= 0.3 is 0 Å². The first-order valence-corrected chi connectivity index (χ1v) is 6.77. The Bertz CT molecular complexity index is 472. The lowest BCUT2D eigenvalue weighted by Crippen LogP contribution is -2.33. The zero-order valence-corrected chi connectivity index (χ0v) is 12.0. The van der Waals surface area contributed by atoms with E-state index in [9.17, 15) is 4.79 Å². The summed E-state index contributed by atoms with van der Waals surface area (Å²) < 4.78 is 0. The van der Waals surface area contributed by atoms with E-state index in [-0.39, 0.29) is 5.91 Å². The van der Waals surface area contributed by atoms with Gasteiger partial charge in [0.25, 0.3) is 5.91 Å². The van der Waals surface area contributed by atoms with Crippen LogP contribution in [0.1, 0.15) is 22.3 Å². The van der Waals surface area contributed by atoms with Crippen molar-refractivity contribution in [3.8, 4) is 0 Å². The Balaban J connectivity index is 2.02. The number of hydrogen-bond donors (Lipinski definition) is 1. The third kappa shape index (κ3) is 3.26. The van der Waals surface area contributed by atoms with Gasteiger partial charge in [0.1, 0.15) is 0 Å². The Morgan fingerprint density at radius 3 is 2.84 bits per heavy atom. The van der Waals surface area contributed by atoms with Gasteiger partial charge < -0.3 is 15.5 Å². The minimum atomic E-state index is 0.0204. The van der Waals surface area contributed by atoms with Crippen LogP contribution in [0.5, 0.6) is 0 Å². The Hall–Kier alpha value is -1.55. The highest BCUT2D eigenvalue weighted by Gasteiger charge is 2.23. The van der Waals surface area contributed by atoms with Crippen molar-refractivity contribution in [3.63, 3.8) is 0 Å². The van der Waals surface area contributed by atoms with E-state index in [1.54, 1.807) is 4.90 Å². The molecule has 1 amide bonds. The summed E-state index contributed by atoms with van der Waals surface area (Å²) in [7, 11) is 3.99. The summed E-state index contributed by atoms with van der Waals surface area (Å²) in [5.74, 6) is 0.595. The molecule has 1 aromatic carbocycles. The van der Waals surface area contributed by atoms with Crippen molar-refractivity contribution in [2.45, 2.75) is 13.3 Å². The molecule has 2 rings (SSSR count). The number of aryl methyl sites for hydroxylation is 1. The topological polar surface area (TPSA) is 49.6 Å². The van der Waals surface area contributed by atoms with E-state index in [2.05, 4.69) is 11.9 Å². The molecule has 0 saturated carbocycles. The minimum Gasteiger partial charge on any atom is -0.398 e. The SMILES string of the molecule is Cc1ccc(C(=O)N(C)CC2CCN(C)C2)c(N)c1. The Labute approximate surface area is 115 Å². The predicted molar refractivity (Wildman–Crippen MR) is 78.2 cm³/mol. The zero-order chi connectivity index (χ0) is 14.0. The monoisotopic (exact) mass is 261 g/mol. The summed E-state index contributed by atoms with van der Waals surface area (Å²) in [6, 6.07) is 5.61. The van der Waals surface area contributed by atoms with E-state index in [0.717, 1.165) is 31.6 Å². The normalized spacial score (nSPS) is 19.6. The fourth-order valence-electron chi connectivity index (χ4n) is 2.73. The van der Waals surface area contributed by atoms with Crippen molar-refractivity contribution in [3.05, 3.63) is 29.3 Å². The highest BCUT2D eigenvalue weighted by molar-refractivity contribution is 5.99. The molecule has 0 radical (unpaired) electrons. The minimum absolute atomic E-state index is 0.0204. The van der Waals surface area contributed by atoms with Crippen molar-refractivity contribution >= 4 is 11.6 Å². The van der Waals surface area contributed by atoms with Gasteiger partial charge in [-0.1, -0.05) is 6.07 Å². The van der Waals surface area contributed by atoms with E-state index in [0.29, 0.717) is 17.2 Å². The molecule has 0 bridgehead atoms. The van der Waals surface area contributed by atoms with Crippen molar-refractivity contribution in [1.82, 2.24) is 9.80 Å². The summed E-state index contributed by atoms with van der Waals surface area (Å²) in [6.45, 7) is 4.97. The lowest BCUT2D eigenvalue weighted by atomic mass is 10.1. The van der Waals surface area contributed by atoms with Crippen LogP contribution in [0, 0.1) is 12.8 Å². The molecule has 19 heavy (non-hydrogen) atoms. The second-order valence-corrected chi connectivity index (χ2v) is 5.69. The summed E-state index contributed by atoms with van der Waals surface area (Å²) in [5.41, 5.74) is 8.19. The molecule has 1 heterocycles. The van der Waals surface area contributed by atoms with Crippen molar-refractivity contribution < 1.29 is 4.79 Å². The van der Waals surface area contributed by atoms with Crippen LogP contribution in [0.15, 0.2) is 18.2 Å². The Morgan fingerprint density at radius 1 is 1.53 bits per heavy atom. The number of anilines is 1. The lowest BCUT2D eigenvalue weighted by molar-refractivity contribution is 0.0775. The van der Waals surface area contributed by atoms with Gasteiger partial charge in [0.15, 0.2) is 0 Å². The molecule has 104 valence electrons. The predicted octanol–water partition coefficient (Wildman–Crippen LogP) is 1.60. The molecule has 1 atom stereocenters. The number of rotatable bonds is 3. The standard InChI is InChI=1S/C15H23N3O/c1-11-4-5-13(14(16)8-11)15(19)18(3)10-12-6-7-17(2)9-12/h4-5,8,12H,6-7,9-10,16H2,1-3H3. The van der Waals surface area contributed by atoms with Crippen molar-refractivity contribution in [2.75, 3.05) is 39.5 Å². The average molecular weight is 261 g/mol. The average Bonchev–Trinajstić information content (AvgIpc) is 2.74. The van der Waals surface area contributed by atoms with E-state index in [4.69, 9.17) is 5.73 Å². The van der Waals surface area contributed by atoms with Gasteiger partial charge in [-0.2, -0.15) is 0 Å². The number of hydrogen-bond acceptors (Lipinski definition) is 3. The number of benzene rings is 1. The number of carbonyl (C=O) groups is 1. The Morgan fingerprint density at radius 2 is 2.26 bits per heavy atom. The molecule has 2 N–H and O–H groups in total. The van der Waals surface area contributed by atoms with Gasteiger partial charge in [-0.15, -0.1) is 0 Å². The molecule has 1 unspecified atom stereocenters. The summed E-state index contributed by atoms with van der Waals surface area (Å²) in [4.78, 5) is 16.5. The van der Waals surface area contributed by atoms with Gasteiger partial charge in [0.05, 0.1) is 5.56 Å². The third-order valence-electron chi connectivity index (χ3n) is 3.81. The number of nitrogens with two attached hydrogens (primary N) is 1. The van der Waals surface area contributed by atoms with Crippen molar-refractivity contribution in [1.29, 1.82) is 0 Å². The molecular formula is C15H23N3O. The number of nitrogen functional groups attached to an aromatic ring is 1. The van der Waals surface area contributed by atoms with E-state index < -0.39 is 0 Å². The number of amides is 1. The molecule has 0 aliphatic carbocycles.